The van der Waals surface area contributed by atoms with E-state index in [2.05, 4.69) is 14.8 Å². The van der Waals surface area contributed by atoms with Gasteiger partial charge in [0.15, 0.2) is 32.1 Å². The fourth-order valence-corrected chi connectivity index (χ4v) is 6.95. The van der Waals surface area contributed by atoms with Crippen molar-refractivity contribution in [3.8, 4) is 11.5 Å². The number of Topliss-reactive ketones (excluding diaryl/α,β-unsaturated/α-hetero) is 1. The SMILES string of the molecule is Cc1cc(C(=O)CSc2nnc(SCc3ccc(Cl)cc3)s2)c(C)n1C[C@H]1COc2ccccc2O1. The summed E-state index contributed by atoms with van der Waals surface area (Å²) in [6, 6.07) is 17.4. The summed E-state index contributed by atoms with van der Waals surface area (Å²) < 4.78 is 15.8. The minimum Gasteiger partial charge on any atom is -0.486 e. The minimum absolute atomic E-state index is 0.0797. The molecule has 0 radical (unpaired) electrons. The van der Waals surface area contributed by atoms with Crippen LogP contribution < -0.4 is 9.47 Å². The average Bonchev–Trinajstić information content (AvgIpc) is 3.46. The third-order valence-electron chi connectivity index (χ3n) is 5.82. The number of ketones is 1. The third kappa shape index (κ3) is 5.91. The second-order valence-corrected chi connectivity index (χ2v) is 12.2. The van der Waals surface area contributed by atoms with Gasteiger partial charge in [-0.3, -0.25) is 4.79 Å². The first-order chi connectivity index (χ1) is 17.5. The molecule has 0 fully saturated rings. The maximum Gasteiger partial charge on any atom is 0.175 e. The van der Waals surface area contributed by atoms with Crippen LogP contribution in [0.1, 0.15) is 27.3 Å². The Hall–Kier alpha value is -2.46. The Labute approximate surface area is 227 Å². The van der Waals surface area contributed by atoms with Gasteiger partial charge in [0.2, 0.25) is 0 Å². The number of thioether (sulfide) groups is 2. The topological polar surface area (TPSA) is 66.2 Å². The molecule has 0 saturated heterocycles. The summed E-state index contributed by atoms with van der Waals surface area (Å²) in [6.45, 7) is 5.10. The van der Waals surface area contributed by atoms with Crippen molar-refractivity contribution in [3.05, 3.63) is 82.1 Å². The molecule has 4 aromatic rings. The summed E-state index contributed by atoms with van der Waals surface area (Å²) in [4.78, 5) is 13.1. The number of benzene rings is 2. The highest BCUT2D eigenvalue weighted by molar-refractivity contribution is 8.03. The Balaban J connectivity index is 1.16. The van der Waals surface area contributed by atoms with Gasteiger partial charge in [0, 0.05) is 27.7 Å². The Morgan fingerprint density at radius 3 is 2.58 bits per heavy atom. The van der Waals surface area contributed by atoms with Crippen LogP contribution in [0.25, 0.3) is 0 Å². The van der Waals surface area contributed by atoms with Crippen molar-refractivity contribution in [2.75, 3.05) is 12.4 Å². The number of hydrogen-bond acceptors (Lipinski definition) is 8. The maximum absolute atomic E-state index is 13.1. The number of carbonyl (C=O) groups is 1. The lowest BCUT2D eigenvalue weighted by Crippen LogP contribution is -2.33. The highest BCUT2D eigenvalue weighted by Gasteiger charge is 2.24. The lowest BCUT2D eigenvalue weighted by molar-refractivity contribution is 0.0777. The van der Waals surface area contributed by atoms with E-state index in [-0.39, 0.29) is 11.9 Å². The van der Waals surface area contributed by atoms with Crippen LogP contribution in [-0.2, 0) is 12.3 Å². The van der Waals surface area contributed by atoms with Crippen molar-refractivity contribution in [2.24, 2.45) is 0 Å². The van der Waals surface area contributed by atoms with Crippen molar-refractivity contribution in [2.45, 2.75) is 40.9 Å². The first kappa shape index (κ1) is 25.2. The summed E-state index contributed by atoms with van der Waals surface area (Å²) in [6.07, 6.45) is -0.118. The number of halogens is 1. The van der Waals surface area contributed by atoms with Crippen LogP contribution in [-0.4, -0.2) is 39.0 Å². The van der Waals surface area contributed by atoms with Crippen LogP contribution in [0.15, 0.2) is 63.3 Å². The molecule has 0 aliphatic carbocycles. The van der Waals surface area contributed by atoms with Crippen LogP contribution in [0.2, 0.25) is 5.02 Å². The monoisotopic (exact) mass is 557 g/mol. The standard InChI is InChI=1S/C26H24ClN3O3S3/c1-16-11-21(17(2)30(16)12-20-13-32-23-5-3-4-6-24(23)33-20)22(31)15-35-26-29-28-25(36-26)34-14-18-7-9-19(27)10-8-18/h3-11,20H,12-15H2,1-2H3/t20-/m0/s1. The van der Waals surface area contributed by atoms with Crippen LogP contribution in [0.3, 0.4) is 0 Å². The Kier molecular flexibility index (Phi) is 7.90. The molecule has 3 heterocycles. The van der Waals surface area contributed by atoms with Crippen molar-refractivity contribution in [1.82, 2.24) is 14.8 Å². The van der Waals surface area contributed by atoms with E-state index >= 15 is 0 Å². The molecule has 0 N–H and O–H groups in total. The third-order valence-corrected chi connectivity index (χ3v) is 9.33. The molecule has 0 bridgehead atoms. The lowest BCUT2D eigenvalue weighted by Gasteiger charge is -2.27. The normalized spacial score (nSPS) is 14.7. The molecule has 36 heavy (non-hydrogen) atoms. The van der Waals surface area contributed by atoms with Gasteiger partial charge in [0.25, 0.3) is 0 Å². The van der Waals surface area contributed by atoms with E-state index in [0.29, 0.717) is 18.9 Å². The number of hydrogen-bond donors (Lipinski definition) is 0. The van der Waals surface area contributed by atoms with Gasteiger partial charge < -0.3 is 14.0 Å². The molecule has 1 aliphatic rings. The van der Waals surface area contributed by atoms with Gasteiger partial charge in [-0.2, -0.15) is 0 Å². The second kappa shape index (κ2) is 11.3. The zero-order chi connectivity index (χ0) is 25.1. The molecule has 0 amide bonds. The van der Waals surface area contributed by atoms with E-state index in [1.165, 1.54) is 28.7 Å². The molecule has 0 spiro atoms. The number of ether oxygens (including phenoxy) is 2. The smallest absolute Gasteiger partial charge is 0.175 e. The number of nitrogens with zero attached hydrogens (tertiary/aromatic N) is 3. The van der Waals surface area contributed by atoms with Crippen LogP contribution in [0, 0.1) is 13.8 Å². The van der Waals surface area contributed by atoms with E-state index in [1.807, 2.05) is 68.4 Å². The quantitative estimate of drug-likeness (QED) is 0.167. The number of aryl methyl sites for hydroxylation is 1. The van der Waals surface area contributed by atoms with Crippen molar-refractivity contribution in [1.29, 1.82) is 0 Å². The first-order valence-corrected chi connectivity index (χ1v) is 14.5. The van der Waals surface area contributed by atoms with Crippen LogP contribution in [0.5, 0.6) is 11.5 Å². The molecule has 0 saturated carbocycles. The predicted octanol–water partition coefficient (Wildman–Crippen LogP) is 6.72. The molecule has 1 aliphatic heterocycles. The van der Waals surface area contributed by atoms with Gasteiger partial charge in [-0.1, -0.05) is 70.7 Å². The summed E-state index contributed by atoms with van der Waals surface area (Å²) >= 11 is 10.5. The largest absolute Gasteiger partial charge is 0.486 e. The summed E-state index contributed by atoms with van der Waals surface area (Å²) in [5.41, 5.74) is 3.88. The highest BCUT2D eigenvalue weighted by Crippen LogP contribution is 2.33. The van der Waals surface area contributed by atoms with Gasteiger partial charge in [0.05, 0.1) is 12.3 Å². The van der Waals surface area contributed by atoms with Gasteiger partial charge >= 0.3 is 0 Å². The molecular weight excluding hydrogens is 534 g/mol. The van der Waals surface area contributed by atoms with Gasteiger partial charge in [-0.25, -0.2) is 0 Å². The molecular formula is C26H24ClN3O3S3. The van der Waals surface area contributed by atoms with Crippen molar-refractivity contribution >= 4 is 52.2 Å². The van der Waals surface area contributed by atoms with Crippen molar-refractivity contribution in [3.63, 3.8) is 0 Å². The van der Waals surface area contributed by atoms with Gasteiger partial charge in [0.1, 0.15) is 6.61 Å². The number of fused-ring (bicyclic) bond motifs is 1. The molecule has 2 aromatic heterocycles. The Bertz CT molecular complexity index is 1370. The number of para-hydroxylation sites is 2. The number of carbonyl (C=O) groups excluding carboxylic acids is 1. The molecule has 5 rings (SSSR count). The fraction of sp³-hybridized carbons (Fsp3) is 0.269. The van der Waals surface area contributed by atoms with Gasteiger partial charge in [-0.15, -0.1) is 10.2 Å². The molecule has 0 unspecified atom stereocenters. The van der Waals surface area contributed by atoms with Crippen LogP contribution >= 0.6 is 46.5 Å². The van der Waals surface area contributed by atoms with E-state index in [4.69, 9.17) is 21.1 Å². The lowest BCUT2D eigenvalue weighted by atomic mass is 10.2. The Morgan fingerprint density at radius 2 is 1.81 bits per heavy atom. The minimum atomic E-state index is -0.118. The molecule has 10 heteroatoms. The number of aromatic nitrogens is 3. The first-order valence-electron chi connectivity index (χ1n) is 11.4. The van der Waals surface area contributed by atoms with E-state index in [9.17, 15) is 4.79 Å². The zero-order valence-corrected chi connectivity index (χ0v) is 23.0. The van der Waals surface area contributed by atoms with Crippen LogP contribution in [0.4, 0.5) is 0 Å². The molecule has 2 aromatic carbocycles. The molecule has 1 atom stereocenters. The summed E-state index contributed by atoms with van der Waals surface area (Å²) in [5, 5.41) is 9.24. The van der Waals surface area contributed by atoms with Crippen molar-refractivity contribution < 1.29 is 14.3 Å². The van der Waals surface area contributed by atoms with E-state index in [1.54, 1.807) is 11.8 Å². The summed E-state index contributed by atoms with van der Waals surface area (Å²) in [7, 11) is 0. The second-order valence-electron chi connectivity index (χ2n) is 8.35. The summed E-state index contributed by atoms with van der Waals surface area (Å²) in [5.74, 6) is 2.72. The average molecular weight is 558 g/mol. The molecule has 6 nitrogen and oxygen atoms in total. The zero-order valence-electron chi connectivity index (χ0n) is 19.8. The van der Waals surface area contributed by atoms with E-state index in [0.717, 1.165) is 47.9 Å². The predicted molar refractivity (Wildman–Crippen MR) is 146 cm³/mol. The van der Waals surface area contributed by atoms with E-state index < -0.39 is 0 Å². The Morgan fingerprint density at radius 1 is 1.08 bits per heavy atom. The number of rotatable bonds is 9. The highest BCUT2D eigenvalue weighted by atomic mass is 35.5. The maximum atomic E-state index is 13.1. The van der Waals surface area contributed by atoms with Gasteiger partial charge in [-0.05, 0) is 49.7 Å². The fourth-order valence-electron chi connectivity index (χ4n) is 3.97. The molecule has 186 valence electrons.